The first-order chi connectivity index (χ1) is 6.56. The summed E-state index contributed by atoms with van der Waals surface area (Å²) in [7, 11) is 0. The molecule has 0 aliphatic carbocycles. The van der Waals surface area contributed by atoms with E-state index in [1.807, 2.05) is 32.1 Å². The van der Waals surface area contributed by atoms with Gasteiger partial charge in [0, 0.05) is 11.6 Å². The second-order valence-corrected chi connectivity index (χ2v) is 3.71. The van der Waals surface area contributed by atoms with Crippen molar-refractivity contribution in [2.24, 2.45) is 5.41 Å². The van der Waals surface area contributed by atoms with Crippen LogP contribution in [0.4, 0.5) is 0 Å². The molecule has 0 spiro atoms. The summed E-state index contributed by atoms with van der Waals surface area (Å²) in [5, 5.41) is 6.60. The number of allylic oxidation sites excluding steroid dienone is 2. The average Bonchev–Trinajstić information content (AvgIpc) is 2.66. The third kappa shape index (κ3) is 2.42. The second-order valence-electron chi connectivity index (χ2n) is 3.71. The summed E-state index contributed by atoms with van der Waals surface area (Å²) in [5.41, 5.74) is 1.17. The van der Waals surface area contributed by atoms with Gasteiger partial charge in [0.15, 0.2) is 0 Å². The quantitative estimate of drug-likeness (QED) is 0.584. The average molecular weight is 190 g/mol. The smallest absolute Gasteiger partial charge is 0.129 e. The maximum Gasteiger partial charge on any atom is 0.129 e. The lowest BCUT2D eigenvalue weighted by Crippen LogP contribution is -2.13. The molecule has 0 aliphatic heterocycles. The molecule has 3 nitrogen and oxygen atoms in total. The van der Waals surface area contributed by atoms with Crippen molar-refractivity contribution < 1.29 is 4.79 Å². The van der Waals surface area contributed by atoms with E-state index in [9.17, 15) is 4.79 Å². The first-order valence-electron chi connectivity index (χ1n) is 4.39. The van der Waals surface area contributed by atoms with Crippen LogP contribution in [0.3, 0.4) is 0 Å². The summed E-state index contributed by atoms with van der Waals surface area (Å²) in [4.78, 5) is 10.7. The molecule has 1 aromatic rings. The molecule has 0 fully saturated rings. The first-order valence-corrected chi connectivity index (χ1v) is 4.39. The van der Waals surface area contributed by atoms with Crippen molar-refractivity contribution in [1.82, 2.24) is 10.2 Å². The number of nitrogens with one attached hydrogen (secondary N) is 1. The molecule has 0 radical (unpaired) electrons. The Kier molecular flexibility index (Phi) is 3.02. The zero-order valence-electron chi connectivity index (χ0n) is 8.45. The molecule has 0 unspecified atom stereocenters. The Morgan fingerprint density at radius 1 is 1.64 bits per heavy atom. The number of rotatable bonds is 4. The number of aromatic nitrogens is 2. The number of carbonyl (C=O) groups is 1. The van der Waals surface area contributed by atoms with E-state index in [-0.39, 0.29) is 0 Å². The van der Waals surface area contributed by atoms with Crippen molar-refractivity contribution in [3.8, 4) is 0 Å². The molecule has 0 atom stereocenters. The number of hydrogen-bond donors (Lipinski definition) is 1. The minimum absolute atomic E-state index is 0.503. The van der Waals surface area contributed by atoms with E-state index in [1.165, 1.54) is 0 Å². The fourth-order valence-corrected chi connectivity index (χ4v) is 0.840. The maximum absolute atomic E-state index is 10.7. The van der Waals surface area contributed by atoms with Crippen molar-refractivity contribution in [2.45, 2.75) is 13.8 Å². The van der Waals surface area contributed by atoms with Gasteiger partial charge in [-0.1, -0.05) is 12.7 Å². The van der Waals surface area contributed by atoms with Gasteiger partial charge in [0.25, 0.3) is 0 Å². The molecular formula is C11H14N2O. The molecule has 74 valence electrons. The predicted molar refractivity (Wildman–Crippen MR) is 56.6 cm³/mol. The van der Waals surface area contributed by atoms with Crippen LogP contribution in [0, 0.1) is 5.41 Å². The van der Waals surface area contributed by atoms with E-state index >= 15 is 0 Å². The second kappa shape index (κ2) is 4.05. The summed E-state index contributed by atoms with van der Waals surface area (Å²) < 4.78 is 0. The maximum atomic E-state index is 10.7. The zero-order valence-corrected chi connectivity index (χ0v) is 8.45. The van der Waals surface area contributed by atoms with Gasteiger partial charge in [0.1, 0.15) is 6.29 Å². The predicted octanol–water partition coefficient (Wildman–Crippen LogP) is 2.20. The molecule has 1 heterocycles. The molecule has 1 N–H and O–H groups in total. The number of aromatic amines is 1. The Morgan fingerprint density at radius 2 is 2.36 bits per heavy atom. The van der Waals surface area contributed by atoms with Gasteiger partial charge in [0.2, 0.25) is 0 Å². The van der Waals surface area contributed by atoms with Gasteiger partial charge in [-0.2, -0.15) is 5.10 Å². The van der Waals surface area contributed by atoms with Gasteiger partial charge < -0.3 is 4.79 Å². The van der Waals surface area contributed by atoms with E-state index in [0.29, 0.717) is 0 Å². The Balaban J connectivity index is 2.70. The van der Waals surface area contributed by atoms with Crippen molar-refractivity contribution in [1.29, 1.82) is 0 Å². The van der Waals surface area contributed by atoms with Crippen molar-refractivity contribution in [3.05, 3.63) is 36.2 Å². The van der Waals surface area contributed by atoms with Crippen LogP contribution in [0.25, 0.3) is 6.08 Å². The van der Waals surface area contributed by atoms with Crippen molar-refractivity contribution in [2.75, 3.05) is 0 Å². The summed E-state index contributed by atoms with van der Waals surface area (Å²) in [6.45, 7) is 7.51. The summed E-state index contributed by atoms with van der Waals surface area (Å²) in [6, 6.07) is 1.84. The summed E-state index contributed by atoms with van der Waals surface area (Å²) >= 11 is 0. The van der Waals surface area contributed by atoms with Gasteiger partial charge in [-0.3, -0.25) is 5.10 Å². The molecular weight excluding hydrogens is 176 g/mol. The highest BCUT2D eigenvalue weighted by molar-refractivity contribution is 5.66. The molecule has 0 bridgehead atoms. The van der Waals surface area contributed by atoms with Crippen molar-refractivity contribution >= 4 is 12.4 Å². The van der Waals surface area contributed by atoms with Crippen LogP contribution in [0.15, 0.2) is 30.5 Å². The van der Waals surface area contributed by atoms with Crippen LogP contribution in [-0.2, 0) is 4.79 Å². The van der Waals surface area contributed by atoms with Gasteiger partial charge in [-0.15, -0.1) is 0 Å². The summed E-state index contributed by atoms with van der Waals surface area (Å²) in [6.07, 6.45) is 6.24. The Bertz CT molecular complexity index is 347. The van der Waals surface area contributed by atoms with E-state index < -0.39 is 5.41 Å². The Morgan fingerprint density at radius 3 is 2.86 bits per heavy atom. The highest BCUT2D eigenvalue weighted by atomic mass is 16.1. The normalized spacial score (nSPS) is 11.9. The summed E-state index contributed by atoms with van der Waals surface area (Å²) in [5.74, 6) is 0. The van der Waals surface area contributed by atoms with Crippen LogP contribution < -0.4 is 0 Å². The van der Waals surface area contributed by atoms with Gasteiger partial charge in [-0.25, -0.2) is 0 Å². The van der Waals surface area contributed by atoms with E-state index in [1.54, 1.807) is 6.20 Å². The van der Waals surface area contributed by atoms with E-state index in [0.717, 1.165) is 17.6 Å². The molecule has 0 saturated heterocycles. The number of H-pyrrole nitrogens is 1. The van der Waals surface area contributed by atoms with Gasteiger partial charge in [-0.05, 0) is 31.6 Å². The van der Waals surface area contributed by atoms with Gasteiger partial charge in [0.05, 0.1) is 5.69 Å². The van der Waals surface area contributed by atoms with Crippen LogP contribution >= 0.6 is 0 Å². The SMILES string of the molecule is C=C(/C=C\c1ccn[nH]1)C(C)(C)C=O. The van der Waals surface area contributed by atoms with Crippen molar-refractivity contribution in [3.63, 3.8) is 0 Å². The standard InChI is InChI=1S/C11H14N2O/c1-9(11(2,3)8-14)4-5-10-6-7-12-13-10/h4-8H,1H2,2-3H3,(H,12,13)/b5-4-. The van der Waals surface area contributed by atoms with Crippen LogP contribution in [0.1, 0.15) is 19.5 Å². The number of aldehydes is 1. The minimum atomic E-state index is -0.503. The van der Waals surface area contributed by atoms with E-state index in [4.69, 9.17) is 0 Å². The lowest BCUT2D eigenvalue weighted by Gasteiger charge is -2.16. The molecule has 14 heavy (non-hydrogen) atoms. The van der Waals surface area contributed by atoms with E-state index in [2.05, 4.69) is 16.8 Å². The first kappa shape index (κ1) is 10.4. The lowest BCUT2D eigenvalue weighted by molar-refractivity contribution is -0.113. The molecule has 0 aliphatic rings. The zero-order chi connectivity index (χ0) is 10.6. The minimum Gasteiger partial charge on any atom is -0.302 e. The van der Waals surface area contributed by atoms with Crippen LogP contribution in [0.5, 0.6) is 0 Å². The number of carbonyl (C=O) groups excluding carboxylic acids is 1. The van der Waals surface area contributed by atoms with Gasteiger partial charge >= 0.3 is 0 Å². The lowest BCUT2D eigenvalue weighted by atomic mass is 9.86. The molecule has 0 saturated carbocycles. The third-order valence-corrected chi connectivity index (χ3v) is 2.11. The molecule has 0 aromatic carbocycles. The Hall–Kier alpha value is -1.64. The number of nitrogens with zero attached hydrogens (tertiary/aromatic N) is 1. The molecule has 1 rings (SSSR count). The largest absolute Gasteiger partial charge is 0.302 e. The van der Waals surface area contributed by atoms with Crippen LogP contribution in [0.2, 0.25) is 0 Å². The topological polar surface area (TPSA) is 45.8 Å². The molecule has 0 amide bonds. The van der Waals surface area contributed by atoms with Crippen LogP contribution in [-0.4, -0.2) is 16.5 Å². The third-order valence-electron chi connectivity index (χ3n) is 2.11. The fraction of sp³-hybridized carbons (Fsp3) is 0.273. The molecule has 1 aromatic heterocycles. The number of hydrogen-bond acceptors (Lipinski definition) is 2. The highest BCUT2D eigenvalue weighted by Gasteiger charge is 2.18. The fourth-order valence-electron chi connectivity index (χ4n) is 0.840. The Labute approximate surface area is 83.5 Å². The monoisotopic (exact) mass is 190 g/mol. The highest BCUT2D eigenvalue weighted by Crippen LogP contribution is 2.23. The molecule has 3 heteroatoms.